The van der Waals surface area contributed by atoms with E-state index in [1.54, 1.807) is 13.8 Å². The molecular weight excluding hydrogens is 408 g/mol. The van der Waals surface area contributed by atoms with E-state index in [0.29, 0.717) is 12.5 Å². The molecule has 1 saturated heterocycles. The minimum atomic E-state index is -1.02. The Hall–Kier alpha value is -1.16. The molecule has 2 atom stereocenters. The van der Waals surface area contributed by atoms with Gasteiger partial charge in [-0.15, -0.1) is 0 Å². The van der Waals surface area contributed by atoms with Crippen molar-refractivity contribution < 1.29 is 14.9 Å². The van der Waals surface area contributed by atoms with Gasteiger partial charge in [-0.3, -0.25) is 0 Å². The van der Waals surface area contributed by atoms with Crippen LogP contribution < -0.4 is 0 Å². The first kappa shape index (κ1) is 29.9. The van der Waals surface area contributed by atoms with Crippen LogP contribution in [0.3, 0.4) is 0 Å². The van der Waals surface area contributed by atoms with E-state index >= 15 is 0 Å². The van der Waals surface area contributed by atoms with Crippen LogP contribution >= 0.6 is 0 Å². The topological polar surface area (TPSA) is 53.0 Å². The van der Waals surface area contributed by atoms with Crippen molar-refractivity contribution in [2.24, 2.45) is 0 Å². The highest BCUT2D eigenvalue weighted by atomic mass is 16.6. The van der Waals surface area contributed by atoms with E-state index in [1.165, 1.54) is 22.3 Å². The normalized spacial score (nSPS) is 20.8. The van der Waals surface area contributed by atoms with Gasteiger partial charge < -0.3 is 14.9 Å². The molecule has 0 spiro atoms. The van der Waals surface area contributed by atoms with Crippen LogP contribution in [-0.2, 0) is 4.74 Å². The Labute approximate surface area is 204 Å². The van der Waals surface area contributed by atoms with Crippen LogP contribution in [-0.4, -0.2) is 33.6 Å². The van der Waals surface area contributed by atoms with Crippen LogP contribution in [0.1, 0.15) is 120 Å². The highest BCUT2D eigenvalue weighted by Crippen LogP contribution is 2.38. The number of allylic oxidation sites excluding steroid dienone is 8. The van der Waals surface area contributed by atoms with Crippen molar-refractivity contribution in [1.29, 1.82) is 0 Å². The fraction of sp³-hybridized carbons (Fsp3) is 0.733. The summed E-state index contributed by atoms with van der Waals surface area (Å²) >= 11 is 0. The van der Waals surface area contributed by atoms with Crippen molar-refractivity contribution >= 4 is 0 Å². The Morgan fingerprint density at radius 3 is 1.61 bits per heavy atom. The van der Waals surface area contributed by atoms with Gasteiger partial charge in [0.2, 0.25) is 0 Å². The van der Waals surface area contributed by atoms with Crippen LogP contribution in [0, 0.1) is 0 Å². The van der Waals surface area contributed by atoms with Gasteiger partial charge >= 0.3 is 0 Å². The Kier molecular flexibility index (Phi) is 12.9. The fourth-order valence-electron chi connectivity index (χ4n) is 3.98. The molecule has 0 aromatic rings. The number of aliphatic hydroxyl groups excluding tert-OH is 1. The van der Waals surface area contributed by atoms with Gasteiger partial charge in [0.1, 0.15) is 0 Å². The summed E-state index contributed by atoms with van der Waals surface area (Å²) in [5, 5.41) is 19.8. The number of rotatable bonds is 16. The molecule has 0 radical (unpaired) electrons. The summed E-state index contributed by atoms with van der Waals surface area (Å²) in [7, 11) is 0. The lowest BCUT2D eigenvalue weighted by Gasteiger charge is -2.24. The summed E-state index contributed by atoms with van der Waals surface area (Å²) in [6, 6.07) is 0. The standard InChI is InChI=1S/C30H52O3/c1-23(15-11-17-25(3)19-21-27(31)29(5,6)32)13-9-10-14-24(2)16-12-18-26(4)20-22-28-30(7,8)33-28/h13-14,17-18,27-28,31-32H,9-12,15-16,19-22H2,1-8H3/b23-13+,24-14+,25-17+,26-18+/t27-,28-/m0/s1. The summed E-state index contributed by atoms with van der Waals surface area (Å²) in [6.45, 7) is 16.5. The van der Waals surface area contributed by atoms with Crippen LogP contribution in [0.4, 0.5) is 0 Å². The Morgan fingerprint density at radius 2 is 1.18 bits per heavy atom. The van der Waals surface area contributed by atoms with E-state index in [1.807, 2.05) is 0 Å². The lowest BCUT2D eigenvalue weighted by molar-refractivity contribution is -0.0509. The molecule has 0 aliphatic carbocycles. The van der Waals surface area contributed by atoms with E-state index in [0.717, 1.165) is 57.8 Å². The summed E-state index contributed by atoms with van der Waals surface area (Å²) in [5.41, 5.74) is 4.81. The highest BCUT2D eigenvalue weighted by Gasteiger charge is 2.46. The zero-order chi connectivity index (χ0) is 25.1. The van der Waals surface area contributed by atoms with Gasteiger partial charge in [0.05, 0.1) is 23.4 Å². The van der Waals surface area contributed by atoms with E-state index in [4.69, 9.17) is 4.74 Å². The maximum absolute atomic E-state index is 9.94. The van der Waals surface area contributed by atoms with Crippen LogP contribution in [0.25, 0.3) is 0 Å². The van der Waals surface area contributed by atoms with Crippen molar-refractivity contribution in [3.8, 4) is 0 Å². The molecule has 3 nitrogen and oxygen atoms in total. The maximum Gasteiger partial charge on any atom is 0.0892 e. The van der Waals surface area contributed by atoms with Crippen molar-refractivity contribution in [3.05, 3.63) is 46.6 Å². The van der Waals surface area contributed by atoms with Gasteiger partial charge in [-0.25, -0.2) is 0 Å². The average molecular weight is 461 g/mol. The predicted octanol–water partition coefficient (Wildman–Crippen LogP) is 7.98. The molecule has 0 aromatic heterocycles. The first-order valence-electron chi connectivity index (χ1n) is 13.0. The SMILES string of the molecule is C/C(=C\CC/C=C(\C)CC/C=C(\C)CC[C@H](O)C(C)(C)O)CC/C=C(\C)CC[C@@H]1OC1(C)C. The van der Waals surface area contributed by atoms with Crippen LogP contribution in [0.5, 0.6) is 0 Å². The number of hydrogen-bond donors (Lipinski definition) is 2. The molecule has 0 aromatic carbocycles. The molecule has 1 aliphatic rings. The zero-order valence-electron chi connectivity index (χ0n) is 22.8. The Bertz CT molecular complexity index is 701. The predicted molar refractivity (Wildman–Crippen MR) is 142 cm³/mol. The number of ether oxygens (including phenoxy) is 1. The molecule has 2 N–H and O–H groups in total. The lowest BCUT2D eigenvalue weighted by atomic mass is 9.95. The molecular formula is C30H52O3. The van der Waals surface area contributed by atoms with Crippen molar-refractivity contribution in [2.45, 2.75) is 143 Å². The molecule has 0 saturated carbocycles. The monoisotopic (exact) mass is 460 g/mol. The summed E-state index contributed by atoms with van der Waals surface area (Å²) in [6.07, 6.45) is 19.6. The number of hydrogen-bond acceptors (Lipinski definition) is 3. The summed E-state index contributed by atoms with van der Waals surface area (Å²) in [4.78, 5) is 0. The Balaban J connectivity index is 2.18. The highest BCUT2D eigenvalue weighted by molar-refractivity contribution is 5.07. The third-order valence-corrected chi connectivity index (χ3v) is 6.81. The van der Waals surface area contributed by atoms with Gasteiger partial charge in [0.15, 0.2) is 0 Å². The Morgan fingerprint density at radius 1 is 0.788 bits per heavy atom. The lowest BCUT2D eigenvalue weighted by Crippen LogP contribution is -2.35. The van der Waals surface area contributed by atoms with Crippen molar-refractivity contribution in [2.75, 3.05) is 0 Å². The summed E-state index contributed by atoms with van der Waals surface area (Å²) < 4.78 is 5.67. The van der Waals surface area contributed by atoms with Crippen LogP contribution in [0.2, 0.25) is 0 Å². The molecule has 0 unspecified atom stereocenters. The number of unbranched alkanes of at least 4 members (excludes halogenated alkanes) is 1. The van der Waals surface area contributed by atoms with Crippen molar-refractivity contribution in [3.63, 3.8) is 0 Å². The number of epoxide rings is 1. The fourth-order valence-corrected chi connectivity index (χ4v) is 3.98. The smallest absolute Gasteiger partial charge is 0.0892 e. The minimum Gasteiger partial charge on any atom is -0.390 e. The second-order valence-corrected chi connectivity index (χ2v) is 11.3. The van der Waals surface area contributed by atoms with Gasteiger partial charge in [-0.2, -0.15) is 0 Å². The molecule has 1 rings (SSSR count). The van der Waals surface area contributed by atoms with Gasteiger partial charge in [0, 0.05) is 0 Å². The quantitative estimate of drug-likeness (QED) is 0.139. The van der Waals surface area contributed by atoms with E-state index < -0.39 is 11.7 Å². The van der Waals surface area contributed by atoms with E-state index in [-0.39, 0.29) is 5.60 Å². The molecule has 3 heteroatoms. The molecule has 1 heterocycles. The van der Waals surface area contributed by atoms with E-state index in [9.17, 15) is 10.2 Å². The van der Waals surface area contributed by atoms with E-state index in [2.05, 4.69) is 65.8 Å². The van der Waals surface area contributed by atoms with Crippen LogP contribution in [0.15, 0.2) is 46.6 Å². The average Bonchev–Trinajstić information content (AvgIpc) is 3.33. The molecule has 0 amide bonds. The molecule has 190 valence electrons. The van der Waals surface area contributed by atoms with Crippen molar-refractivity contribution in [1.82, 2.24) is 0 Å². The third kappa shape index (κ3) is 14.0. The zero-order valence-corrected chi connectivity index (χ0v) is 22.8. The van der Waals surface area contributed by atoms with Gasteiger partial charge in [0.25, 0.3) is 0 Å². The first-order valence-corrected chi connectivity index (χ1v) is 13.0. The molecule has 1 fully saturated rings. The second kappa shape index (κ2) is 14.3. The molecule has 0 bridgehead atoms. The largest absolute Gasteiger partial charge is 0.390 e. The maximum atomic E-state index is 9.94. The summed E-state index contributed by atoms with van der Waals surface area (Å²) in [5.74, 6) is 0. The third-order valence-electron chi connectivity index (χ3n) is 6.81. The van der Waals surface area contributed by atoms with Gasteiger partial charge in [-0.05, 0) is 120 Å². The second-order valence-electron chi connectivity index (χ2n) is 11.3. The molecule has 33 heavy (non-hydrogen) atoms. The minimum absolute atomic E-state index is 0.116. The first-order chi connectivity index (χ1) is 15.3. The number of aliphatic hydroxyl groups is 2. The van der Waals surface area contributed by atoms with Gasteiger partial charge in [-0.1, -0.05) is 46.6 Å². The molecule has 1 aliphatic heterocycles.